The summed E-state index contributed by atoms with van der Waals surface area (Å²) in [5, 5.41) is 5.85. The summed E-state index contributed by atoms with van der Waals surface area (Å²) >= 11 is 1.89. The summed E-state index contributed by atoms with van der Waals surface area (Å²) in [6.07, 6.45) is 1.73. The van der Waals surface area contributed by atoms with Crippen molar-refractivity contribution >= 4 is 16.9 Å². The second-order valence-electron chi connectivity index (χ2n) is 6.04. The Balaban J connectivity index is 1.32. The van der Waals surface area contributed by atoms with Crippen LogP contribution in [0, 0.1) is 0 Å². The molecule has 0 N–H and O–H groups in total. The molecule has 0 aliphatic carbocycles. The normalized spacial score (nSPS) is 22.0. The van der Waals surface area contributed by atoms with E-state index in [1.165, 1.54) is 5.17 Å². The molecule has 4 rings (SSSR count). The van der Waals surface area contributed by atoms with Crippen molar-refractivity contribution in [3.05, 3.63) is 30.3 Å². The molecule has 2 aromatic heterocycles. The van der Waals surface area contributed by atoms with Gasteiger partial charge in [0.05, 0.1) is 13.1 Å². The van der Waals surface area contributed by atoms with Gasteiger partial charge in [0.1, 0.15) is 5.69 Å². The average Bonchev–Trinajstić information content (AvgIpc) is 3.26. The lowest BCUT2D eigenvalue weighted by molar-refractivity contribution is 0.159. The first-order valence-corrected chi connectivity index (χ1v) is 9.08. The third-order valence-corrected chi connectivity index (χ3v) is 5.30. The van der Waals surface area contributed by atoms with E-state index in [2.05, 4.69) is 36.8 Å². The van der Waals surface area contributed by atoms with Crippen molar-refractivity contribution in [2.24, 2.45) is 4.99 Å². The maximum atomic E-state index is 5.38. The molecule has 4 heterocycles. The van der Waals surface area contributed by atoms with Gasteiger partial charge in [-0.1, -0.05) is 29.9 Å². The quantitative estimate of drug-likeness (QED) is 0.840. The SMILES string of the molecule is CC1CN=C(N2CCN(Cc3nc(-c4ccccn4)no3)CC2)S1. The van der Waals surface area contributed by atoms with E-state index in [0.717, 1.165) is 38.4 Å². The molecule has 1 unspecified atom stereocenters. The molecule has 1 fully saturated rings. The van der Waals surface area contributed by atoms with E-state index in [9.17, 15) is 0 Å². The smallest absolute Gasteiger partial charge is 0.241 e. The summed E-state index contributed by atoms with van der Waals surface area (Å²) in [5.74, 6) is 1.19. The molecule has 0 saturated carbocycles. The zero-order valence-electron chi connectivity index (χ0n) is 13.6. The minimum absolute atomic E-state index is 0.551. The van der Waals surface area contributed by atoms with Crippen LogP contribution in [-0.2, 0) is 6.54 Å². The molecule has 24 heavy (non-hydrogen) atoms. The minimum atomic E-state index is 0.551. The summed E-state index contributed by atoms with van der Waals surface area (Å²) in [6.45, 7) is 7.82. The highest BCUT2D eigenvalue weighted by Gasteiger charge is 2.25. The van der Waals surface area contributed by atoms with Crippen molar-refractivity contribution in [3.8, 4) is 11.5 Å². The van der Waals surface area contributed by atoms with Crippen LogP contribution in [0.3, 0.4) is 0 Å². The number of thioether (sulfide) groups is 1. The van der Waals surface area contributed by atoms with Gasteiger partial charge in [-0.2, -0.15) is 4.98 Å². The lowest BCUT2D eigenvalue weighted by Gasteiger charge is -2.34. The number of nitrogens with zero attached hydrogens (tertiary/aromatic N) is 6. The molecule has 0 amide bonds. The van der Waals surface area contributed by atoms with Gasteiger partial charge < -0.3 is 9.42 Å². The fourth-order valence-corrected chi connectivity index (χ4v) is 3.83. The van der Waals surface area contributed by atoms with Gasteiger partial charge in [0, 0.05) is 37.6 Å². The van der Waals surface area contributed by atoms with E-state index >= 15 is 0 Å². The van der Waals surface area contributed by atoms with Crippen LogP contribution in [0.2, 0.25) is 0 Å². The van der Waals surface area contributed by atoms with Crippen molar-refractivity contribution in [2.45, 2.75) is 18.7 Å². The van der Waals surface area contributed by atoms with Crippen LogP contribution in [0.5, 0.6) is 0 Å². The number of aliphatic imine (C=N–C) groups is 1. The number of hydrogen-bond acceptors (Lipinski definition) is 8. The van der Waals surface area contributed by atoms with Gasteiger partial charge in [0.2, 0.25) is 11.7 Å². The number of hydrogen-bond donors (Lipinski definition) is 0. The molecular formula is C16H20N6OS. The van der Waals surface area contributed by atoms with E-state index in [4.69, 9.17) is 4.52 Å². The Labute approximate surface area is 145 Å². The van der Waals surface area contributed by atoms with Crippen LogP contribution in [0.1, 0.15) is 12.8 Å². The Morgan fingerprint density at radius 2 is 2.12 bits per heavy atom. The molecule has 8 heteroatoms. The van der Waals surface area contributed by atoms with E-state index in [1.807, 2.05) is 30.0 Å². The minimum Gasteiger partial charge on any atom is -0.349 e. The summed E-state index contributed by atoms with van der Waals surface area (Å²) in [4.78, 5) is 18.1. The van der Waals surface area contributed by atoms with Crippen LogP contribution >= 0.6 is 11.8 Å². The molecule has 2 aliphatic rings. The first-order chi connectivity index (χ1) is 11.8. The summed E-state index contributed by atoms with van der Waals surface area (Å²) in [5.41, 5.74) is 0.739. The number of pyridine rings is 1. The van der Waals surface area contributed by atoms with E-state index in [-0.39, 0.29) is 0 Å². The van der Waals surface area contributed by atoms with Gasteiger partial charge in [0.15, 0.2) is 5.17 Å². The largest absolute Gasteiger partial charge is 0.349 e. The molecule has 126 valence electrons. The Kier molecular flexibility index (Phi) is 4.48. The Hall–Kier alpha value is -1.93. The van der Waals surface area contributed by atoms with Gasteiger partial charge in [-0.25, -0.2) is 0 Å². The Morgan fingerprint density at radius 3 is 2.83 bits per heavy atom. The molecular weight excluding hydrogens is 324 g/mol. The highest BCUT2D eigenvalue weighted by atomic mass is 32.2. The molecule has 1 atom stereocenters. The predicted molar refractivity (Wildman–Crippen MR) is 93.7 cm³/mol. The molecule has 0 radical (unpaired) electrons. The monoisotopic (exact) mass is 344 g/mol. The third-order valence-electron chi connectivity index (χ3n) is 4.15. The van der Waals surface area contributed by atoms with Crippen molar-refractivity contribution in [1.82, 2.24) is 24.9 Å². The Bertz CT molecular complexity index is 710. The average molecular weight is 344 g/mol. The molecule has 0 aromatic carbocycles. The summed E-state index contributed by atoms with van der Waals surface area (Å²) in [7, 11) is 0. The van der Waals surface area contributed by atoms with Gasteiger partial charge in [-0.3, -0.25) is 14.9 Å². The van der Waals surface area contributed by atoms with Crippen molar-refractivity contribution in [2.75, 3.05) is 32.7 Å². The van der Waals surface area contributed by atoms with Crippen LogP contribution in [0.25, 0.3) is 11.5 Å². The van der Waals surface area contributed by atoms with Crippen molar-refractivity contribution in [1.29, 1.82) is 0 Å². The number of rotatable bonds is 3. The zero-order valence-corrected chi connectivity index (χ0v) is 14.4. The fraction of sp³-hybridized carbons (Fsp3) is 0.500. The molecule has 0 spiro atoms. The maximum Gasteiger partial charge on any atom is 0.241 e. The maximum absolute atomic E-state index is 5.38. The second kappa shape index (κ2) is 6.90. The molecule has 7 nitrogen and oxygen atoms in total. The second-order valence-corrected chi connectivity index (χ2v) is 7.45. The van der Waals surface area contributed by atoms with Crippen LogP contribution in [0.15, 0.2) is 33.9 Å². The van der Waals surface area contributed by atoms with Crippen LogP contribution in [-0.4, -0.2) is 68.1 Å². The molecule has 2 aromatic rings. The highest BCUT2D eigenvalue weighted by molar-refractivity contribution is 8.14. The predicted octanol–water partition coefficient (Wildman–Crippen LogP) is 1.74. The van der Waals surface area contributed by atoms with Crippen molar-refractivity contribution in [3.63, 3.8) is 0 Å². The van der Waals surface area contributed by atoms with E-state index < -0.39 is 0 Å². The molecule has 2 aliphatic heterocycles. The van der Waals surface area contributed by atoms with E-state index in [1.54, 1.807) is 6.20 Å². The van der Waals surface area contributed by atoms with Crippen LogP contribution < -0.4 is 0 Å². The van der Waals surface area contributed by atoms with Crippen LogP contribution in [0.4, 0.5) is 0 Å². The van der Waals surface area contributed by atoms with Gasteiger partial charge in [-0.15, -0.1) is 0 Å². The van der Waals surface area contributed by atoms with Gasteiger partial charge >= 0.3 is 0 Å². The summed E-state index contributed by atoms with van der Waals surface area (Å²) < 4.78 is 5.38. The molecule has 0 bridgehead atoms. The Morgan fingerprint density at radius 1 is 1.25 bits per heavy atom. The number of piperazine rings is 1. The number of aromatic nitrogens is 3. The molecule has 1 saturated heterocycles. The first kappa shape index (κ1) is 15.6. The van der Waals surface area contributed by atoms with Gasteiger partial charge in [-0.05, 0) is 12.1 Å². The summed E-state index contributed by atoms with van der Waals surface area (Å²) in [6, 6.07) is 5.67. The van der Waals surface area contributed by atoms with Gasteiger partial charge in [0.25, 0.3) is 0 Å². The fourth-order valence-electron chi connectivity index (χ4n) is 2.84. The third kappa shape index (κ3) is 3.44. The highest BCUT2D eigenvalue weighted by Crippen LogP contribution is 2.24. The number of amidine groups is 1. The standard InChI is InChI=1S/C16H20N6OS/c1-12-10-18-16(24-12)22-8-6-21(7-9-22)11-14-19-15(20-23-14)13-4-2-3-5-17-13/h2-5,12H,6-11H2,1H3. The van der Waals surface area contributed by atoms with E-state index in [0.29, 0.717) is 23.5 Å². The zero-order chi connectivity index (χ0) is 16.4. The lowest BCUT2D eigenvalue weighted by atomic mass is 10.3. The van der Waals surface area contributed by atoms with Crippen molar-refractivity contribution < 1.29 is 4.52 Å². The first-order valence-electron chi connectivity index (χ1n) is 8.20. The lowest BCUT2D eigenvalue weighted by Crippen LogP contribution is -2.47. The topological polar surface area (TPSA) is 70.7 Å².